The minimum Gasteiger partial charge on any atom is -0.432 e. The monoisotopic (exact) mass is 959 g/mol. The molecule has 0 aromatic rings. The van der Waals surface area contributed by atoms with Crippen LogP contribution in [0.3, 0.4) is 0 Å². The Balaban J connectivity index is 0.994. The Morgan fingerprint density at radius 2 is 1.21 bits per heavy atom. The summed E-state index contributed by atoms with van der Waals surface area (Å²) in [5.41, 5.74) is -1.67. The first-order valence-corrected chi connectivity index (χ1v) is 24.5. The van der Waals surface area contributed by atoms with Gasteiger partial charge in [-0.1, -0.05) is 46.3 Å². The minimum absolute atomic E-state index is 0.0772. The van der Waals surface area contributed by atoms with Crippen molar-refractivity contribution in [1.82, 2.24) is 0 Å². The van der Waals surface area contributed by atoms with Gasteiger partial charge in [0.2, 0.25) is 6.29 Å². The van der Waals surface area contributed by atoms with E-state index in [0.717, 1.165) is 25.7 Å². The summed E-state index contributed by atoms with van der Waals surface area (Å²) in [7, 11) is 0. The van der Waals surface area contributed by atoms with Gasteiger partial charge in [0, 0.05) is 12.0 Å². The molecule has 4 saturated carbocycles. The van der Waals surface area contributed by atoms with E-state index < -0.39 is 134 Å². The normalized spacial score (nSPS) is 55.6. The van der Waals surface area contributed by atoms with Crippen LogP contribution in [0.2, 0.25) is 0 Å². The third-order valence-electron chi connectivity index (χ3n) is 19.7. The second-order valence-electron chi connectivity index (χ2n) is 23.1. The molecular formula is C48H78O19. The maximum Gasteiger partial charge on any atom is 0.315 e. The predicted molar refractivity (Wildman–Crippen MR) is 232 cm³/mol. The lowest BCUT2D eigenvalue weighted by Crippen LogP contribution is -2.67. The van der Waals surface area contributed by atoms with E-state index >= 15 is 0 Å². The molecule has 5 aliphatic carbocycles. The van der Waals surface area contributed by atoms with Crippen molar-refractivity contribution in [3.63, 3.8) is 0 Å². The highest BCUT2D eigenvalue weighted by atomic mass is 16.8. The van der Waals surface area contributed by atoms with Crippen LogP contribution in [0.5, 0.6) is 0 Å². The van der Waals surface area contributed by atoms with E-state index in [0.29, 0.717) is 38.5 Å². The summed E-state index contributed by atoms with van der Waals surface area (Å²) in [6.07, 6.45) is -16.7. The van der Waals surface area contributed by atoms with Gasteiger partial charge in [0.05, 0.1) is 37.4 Å². The number of carbonyl (C=O) groups excluding carboxylic acids is 1. The number of aliphatic hydroxyl groups excluding tert-OH is 12. The zero-order valence-corrected chi connectivity index (χ0v) is 39.7. The van der Waals surface area contributed by atoms with E-state index in [9.17, 15) is 66.1 Å². The lowest BCUT2D eigenvalue weighted by molar-refractivity contribution is -0.377. The third-order valence-corrected chi connectivity index (χ3v) is 19.7. The van der Waals surface area contributed by atoms with Gasteiger partial charge >= 0.3 is 5.97 Å². The lowest BCUT2D eigenvalue weighted by Gasteiger charge is -2.71. The highest BCUT2D eigenvalue weighted by Gasteiger charge is 2.70. The van der Waals surface area contributed by atoms with Gasteiger partial charge in [0.1, 0.15) is 67.1 Å². The highest BCUT2D eigenvalue weighted by molar-refractivity contribution is 5.79. The minimum atomic E-state index is -1.95. The van der Waals surface area contributed by atoms with Crippen LogP contribution in [0.1, 0.15) is 106 Å². The molecule has 67 heavy (non-hydrogen) atoms. The summed E-state index contributed by atoms with van der Waals surface area (Å²) in [5.74, 6) is -0.587. The first-order valence-electron chi connectivity index (χ1n) is 24.5. The predicted octanol–water partition coefficient (Wildman–Crippen LogP) is -0.887. The molecule has 3 saturated heterocycles. The van der Waals surface area contributed by atoms with E-state index in [1.165, 1.54) is 12.5 Å². The molecule has 19 nitrogen and oxygen atoms in total. The van der Waals surface area contributed by atoms with E-state index in [-0.39, 0.29) is 47.2 Å². The van der Waals surface area contributed by atoms with Gasteiger partial charge in [-0.25, -0.2) is 0 Å². The van der Waals surface area contributed by atoms with Crippen molar-refractivity contribution < 1.29 is 94.5 Å². The number of esters is 1. The van der Waals surface area contributed by atoms with Crippen LogP contribution >= 0.6 is 0 Å². The highest BCUT2D eigenvalue weighted by Crippen LogP contribution is 2.76. The number of rotatable bonds is 10. The van der Waals surface area contributed by atoms with Crippen molar-refractivity contribution in [2.24, 2.45) is 50.2 Å². The van der Waals surface area contributed by atoms with Gasteiger partial charge in [0.25, 0.3) is 0 Å². The fraction of sp³-hybridized carbons (Fsp3) is 0.938. The topological polar surface area (TPSA) is 315 Å². The molecule has 8 rings (SSSR count). The van der Waals surface area contributed by atoms with Crippen molar-refractivity contribution in [3.05, 3.63) is 11.6 Å². The molecule has 0 aromatic heterocycles. The van der Waals surface area contributed by atoms with Crippen LogP contribution in [0.4, 0.5) is 0 Å². The molecule has 12 N–H and O–H groups in total. The molecule has 0 aromatic carbocycles. The van der Waals surface area contributed by atoms with Crippen LogP contribution in [0, 0.1) is 50.2 Å². The standard InChI is InChI=1S/C48H78O19/c1-22-30(54)31(55)34(58)39(62-22)65-37-25(18-49)63-40(35(59)32(37)56)66-38-26(19-50)64-41(36(60)33(38)57)67-42(61)48-15-13-43(2,20-51)17-24(48)23-7-8-28-44(3)11-10-29(53)45(4,21-52)27(44)9-12-47(28,6)46(23,5)14-16-48/h7,22,24-41,49-60H,8-21H2,1-6H3/t22-,24-,25+,26-,27-,28+,29+,30-,31-,32+,33-,34-,35+,36+,37-,38+,39+,40-,41-,43+,44-,45-,46+,47+,48-/m0/s1. The van der Waals surface area contributed by atoms with Gasteiger partial charge in [-0.3, -0.25) is 4.79 Å². The molecule has 0 unspecified atom stereocenters. The number of allylic oxidation sites excluding steroid dienone is 2. The van der Waals surface area contributed by atoms with E-state index in [1.54, 1.807) is 0 Å². The summed E-state index contributed by atoms with van der Waals surface area (Å²) in [6, 6.07) is 0. The van der Waals surface area contributed by atoms with E-state index in [4.69, 9.17) is 28.4 Å². The number of hydrogen-bond donors (Lipinski definition) is 12. The molecule has 0 radical (unpaired) electrons. The third kappa shape index (κ3) is 8.01. The molecule has 3 aliphatic heterocycles. The number of carbonyl (C=O) groups is 1. The van der Waals surface area contributed by atoms with Crippen LogP contribution in [0.15, 0.2) is 11.6 Å². The van der Waals surface area contributed by atoms with Gasteiger partial charge in [-0.15, -0.1) is 0 Å². The zero-order valence-electron chi connectivity index (χ0n) is 39.7. The number of hydrogen-bond acceptors (Lipinski definition) is 19. The Morgan fingerprint density at radius 3 is 1.81 bits per heavy atom. The first-order chi connectivity index (χ1) is 31.4. The zero-order chi connectivity index (χ0) is 49.0. The molecule has 3 heterocycles. The molecule has 19 heteroatoms. The molecule has 384 valence electrons. The second-order valence-corrected chi connectivity index (χ2v) is 23.1. The van der Waals surface area contributed by atoms with Crippen molar-refractivity contribution in [2.45, 2.75) is 204 Å². The molecular weight excluding hydrogens is 881 g/mol. The second kappa shape index (κ2) is 18.5. The SMILES string of the molecule is C[C@@H]1O[C@H](O[C@@H]2[C@H](O)[C@@H](O)[C@H](O[C@H]3[C@@H](O)[C@@H](O)[C@H](OC(=O)[C@]45CC[C@@](C)(CO)C[C@H]4C4=CC[C@@H]6[C@@]7(C)CC[C@@H](O)[C@@](C)(CO)[C@H]7CC[C@@]6(C)[C@]4(C)CC5)O[C@H]3CO)O[C@@H]2CO)[C@@H](O)[C@@H](O)[C@H]1O. The Hall–Kier alpha value is -1.47. The molecule has 25 atom stereocenters. The molecule has 0 bridgehead atoms. The van der Waals surface area contributed by atoms with Crippen LogP contribution in [0.25, 0.3) is 0 Å². The number of ether oxygens (including phenoxy) is 6. The maximum atomic E-state index is 15.0. The fourth-order valence-electron chi connectivity index (χ4n) is 15.0. The molecule has 0 amide bonds. The van der Waals surface area contributed by atoms with Gasteiger partial charge in [-0.05, 0) is 111 Å². The number of fused-ring (bicyclic) bond motifs is 7. The summed E-state index contributed by atoms with van der Waals surface area (Å²) in [6.45, 7) is 10.7. The first kappa shape index (κ1) is 51.9. The van der Waals surface area contributed by atoms with Crippen LogP contribution in [-0.4, -0.2) is 192 Å². The van der Waals surface area contributed by atoms with Crippen molar-refractivity contribution in [2.75, 3.05) is 26.4 Å². The summed E-state index contributed by atoms with van der Waals surface area (Å²) in [4.78, 5) is 15.0. The van der Waals surface area contributed by atoms with Crippen LogP contribution in [-0.2, 0) is 33.2 Å². The Bertz CT molecular complexity index is 1820. The fourth-order valence-corrected chi connectivity index (χ4v) is 15.0. The average molecular weight is 959 g/mol. The Kier molecular flexibility index (Phi) is 14.4. The van der Waals surface area contributed by atoms with Gasteiger partial charge < -0.3 is 89.7 Å². The largest absolute Gasteiger partial charge is 0.432 e. The summed E-state index contributed by atoms with van der Waals surface area (Å²) >= 11 is 0. The average Bonchev–Trinajstić information content (AvgIpc) is 3.30. The summed E-state index contributed by atoms with van der Waals surface area (Å²) < 4.78 is 34.8. The molecule has 0 spiro atoms. The smallest absolute Gasteiger partial charge is 0.315 e. The van der Waals surface area contributed by atoms with Crippen molar-refractivity contribution in [1.29, 1.82) is 0 Å². The lowest BCUT2D eigenvalue weighted by atomic mass is 9.33. The van der Waals surface area contributed by atoms with E-state index in [1.807, 2.05) is 13.8 Å². The van der Waals surface area contributed by atoms with Gasteiger partial charge in [0.15, 0.2) is 12.6 Å². The van der Waals surface area contributed by atoms with Crippen LogP contribution < -0.4 is 0 Å². The quantitative estimate of drug-likeness (QED) is 0.0934. The Labute approximate surface area is 392 Å². The molecule has 7 fully saturated rings. The maximum absolute atomic E-state index is 15.0. The van der Waals surface area contributed by atoms with Crippen molar-refractivity contribution >= 4 is 5.97 Å². The number of aliphatic hydroxyl groups is 12. The summed E-state index contributed by atoms with van der Waals surface area (Å²) in [5, 5.41) is 130. The molecule has 8 aliphatic rings. The van der Waals surface area contributed by atoms with Crippen molar-refractivity contribution in [3.8, 4) is 0 Å². The van der Waals surface area contributed by atoms with Gasteiger partial charge in [-0.2, -0.15) is 0 Å². The van der Waals surface area contributed by atoms with E-state index in [2.05, 4.69) is 26.8 Å². The Morgan fingerprint density at radius 1 is 0.642 bits per heavy atom.